The Balaban J connectivity index is 0.000000142. The van der Waals surface area contributed by atoms with E-state index in [1.54, 1.807) is 0 Å². The lowest BCUT2D eigenvalue weighted by atomic mass is 9.82. The summed E-state index contributed by atoms with van der Waals surface area (Å²) in [7, 11) is 0. The maximum absolute atomic E-state index is 5.12. The highest BCUT2D eigenvalue weighted by atomic mass is 15.1. The fourth-order valence-electron chi connectivity index (χ4n) is 17.1. The normalized spacial score (nSPS) is 12.2. The minimum Gasteiger partial charge on any atom is -0.310 e. The summed E-state index contributed by atoms with van der Waals surface area (Å²) in [5.41, 5.74) is 28.7. The molecule has 2 heterocycles. The molecule has 4 nitrogen and oxygen atoms in total. The standard InChI is InChI=1S/C53H34N2.C51H38N2/c1-2-16-44(17-3-1)55-50-21-11-10-20-49(50)54-53(55)38-26-22-37(23-27-38)41-30-31-47-48(34-41)52(43-29-25-36-13-5-7-15-40(36)33-43)46-19-9-8-18-45(46)51(47)42-28-24-35-12-4-6-14-39(35)32-42;1-51(2)47-19-11-9-17-43(47)44-31-30-42(34-48(44)51)52(40-26-21-36(22-27-40)35-13-5-3-6-14-35)41-28-23-37(24-29-41)38-25-32-50-46(33-38)45-18-10-12-20-49(45)53(50)39-15-7-4-8-16-39/h1-34H;3-34H,1-2H3. The third-order valence-electron chi connectivity index (χ3n) is 22.4. The van der Waals surface area contributed by atoms with E-state index in [1.807, 2.05) is 0 Å². The molecule has 0 N–H and O–H groups in total. The predicted molar refractivity (Wildman–Crippen MR) is 457 cm³/mol. The Morgan fingerprint density at radius 3 is 1.30 bits per heavy atom. The molecule has 0 fully saturated rings. The molecule has 20 aromatic rings. The quantitative estimate of drug-likeness (QED) is 0.121. The molecule has 1 aliphatic rings. The van der Waals surface area contributed by atoms with E-state index in [9.17, 15) is 0 Å². The summed E-state index contributed by atoms with van der Waals surface area (Å²) in [6.45, 7) is 4.70. The first-order chi connectivity index (χ1) is 53.3. The van der Waals surface area contributed by atoms with Crippen molar-refractivity contribution in [3.8, 4) is 89.5 Å². The second kappa shape index (κ2) is 26.3. The first-order valence-corrected chi connectivity index (χ1v) is 37.3. The molecule has 0 spiro atoms. The monoisotopic (exact) mass is 1380 g/mol. The van der Waals surface area contributed by atoms with E-state index in [4.69, 9.17) is 4.98 Å². The van der Waals surface area contributed by atoms with E-state index in [-0.39, 0.29) is 5.41 Å². The average molecular weight is 1380 g/mol. The minimum atomic E-state index is -0.0864. The van der Waals surface area contributed by atoms with Gasteiger partial charge in [0.1, 0.15) is 5.82 Å². The van der Waals surface area contributed by atoms with Crippen LogP contribution in [0.5, 0.6) is 0 Å². The SMILES string of the molecule is CC1(C)c2ccccc2-c2ccc(N(c3ccc(-c4ccccc4)cc3)c3ccc(-c4ccc5c(c4)c4ccccc4n5-c4ccccc4)cc3)cc21.c1ccc(-n2c(-c3ccc(-c4ccc5c(-c6ccc7ccccc7c6)c6ccccc6c(-c6ccc7ccccc7c6)c5c4)cc3)nc3ccccc32)cc1. The van der Waals surface area contributed by atoms with E-state index >= 15 is 0 Å². The number of fused-ring (bicyclic) bond motifs is 11. The van der Waals surface area contributed by atoms with Crippen molar-refractivity contribution in [3.63, 3.8) is 0 Å². The molecule has 1 aliphatic carbocycles. The Labute approximate surface area is 628 Å². The van der Waals surface area contributed by atoms with Gasteiger partial charge in [0.25, 0.3) is 0 Å². The topological polar surface area (TPSA) is 26.0 Å². The molecule has 0 amide bonds. The second-order valence-corrected chi connectivity index (χ2v) is 29.0. The highest BCUT2D eigenvalue weighted by molar-refractivity contribution is 6.23. The van der Waals surface area contributed by atoms with E-state index in [0.29, 0.717) is 0 Å². The Morgan fingerprint density at radius 1 is 0.241 bits per heavy atom. The van der Waals surface area contributed by atoms with Gasteiger partial charge in [0.2, 0.25) is 0 Å². The number of para-hydroxylation sites is 5. The Morgan fingerprint density at radius 2 is 0.657 bits per heavy atom. The van der Waals surface area contributed by atoms with Crippen LogP contribution in [-0.2, 0) is 5.41 Å². The predicted octanol–water partition coefficient (Wildman–Crippen LogP) is 28.2. The van der Waals surface area contributed by atoms with Crippen LogP contribution in [0, 0.1) is 0 Å². The van der Waals surface area contributed by atoms with Crippen LogP contribution in [0.25, 0.3) is 165 Å². The van der Waals surface area contributed by atoms with Crippen LogP contribution in [0.2, 0.25) is 0 Å². The van der Waals surface area contributed by atoms with Crippen LogP contribution in [0.15, 0.2) is 400 Å². The molecule has 21 rings (SSSR count). The number of aromatic nitrogens is 3. The van der Waals surface area contributed by atoms with Crippen molar-refractivity contribution in [2.75, 3.05) is 4.90 Å². The Bertz CT molecular complexity index is 6850. The largest absolute Gasteiger partial charge is 0.310 e. The molecule has 2 aromatic heterocycles. The summed E-state index contributed by atoms with van der Waals surface area (Å²) in [5, 5.41) is 12.5. The summed E-state index contributed by atoms with van der Waals surface area (Å²) < 4.78 is 4.63. The van der Waals surface area contributed by atoms with Crippen molar-refractivity contribution in [2.24, 2.45) is 0 Å². The van der Waals surface area contributed by atoms with E-state index in [2.05, 4.69) is 428 Å². The van der Waals surface area contributed by atoms with Gasteiger partial charge in [-0.15, -0.1) is 0 Å². The van der Waals surface area contributed by atoms with Gasteiger partial charge < -0.3 is 9.47 Å². The molecule has 0 radical (unpaired) electrons. The van der Waals surface area contributed by atoms with Crippen LogP contribution < -0.4 is 4.90 Å². The molecule has 108 heavy (non-hydrogen) atoms. The number of benzene rings is 18. The Hall–Kier alpha value is -13.9. The summed E-state index contributed by atoms with van der Waals surface area (Å²) in [5.74, 6) is 0.933. The van der Waals surface area contributed by atoms with Crippen molar-refractivity contribution in [1.29, 1.82) is 0 Å². The van der Waals surface area contributed by atoms with Gasteiger partial charge in [-0.1, -0.05) is 305 Å². The smallest absolute Gasteiger partial charge is 0.145 e. The van der Waals surface area contributed by atoms with Gasteiger partial charge in [0, 0.05) is 50.2 Å². The van der Waals surface area contributed by atoms with E-state index < -0.39 is 0 Å². The van der Waals surface area contributed by atoms with Crippen molar-refractivity contribution in [2.45, 2.75) is 19.3 Å². The lowest BCUT2D eigenvalue weighted by Gasteiger charge is -2.28. The first kappa shape index (κ1) is 63.7. The fourth-order valence-corrected chi connectivity index (χ4v) is 17.1. The van der Waals surface area contributed by atoms with Gasteiger partial charge in [-0.05, 0) is 230 Å². The van der Waals surface area contributed by atoms with Gasteiger partial charge in [-0.2, -0.15) is 0 Å². The minimum absolute atomic E-state index is 0.0864. The number of imidazole rings is 1. The zero-order valence-corrected chi connectivity index (χ0v) is 59.9. The third kappa shape index (κ3) is 11.0. The molecule has 0 atom stereocenters. The van der Waals surface area contributed by atoms with Gasteiger partial charge in [0.15, 0.2) is 0 Å². The van der Waals surface area contributed by atoms with Crippen molar-refractivity contribution >= 4 is 93.0 Å². The van der Waals surface area contributed by atoms with Gasteiger partial charge in [-0.25, -0.2) is 4.98 Å². The van der Waals surface area contributed by atoms with Gasteiger partial charge in [0.05, 0.1) is 22.1 Å². The zero-order chi connectivity index (χ0) is 71.8. The third-order valence-corrected chi connectivity index (χ3v) is 22.4. The van der Waals surface area contributed by atoms with Crippen LogP contribution >= 0.6 is 0 Å². The highest BCUT2D eigenvalue weighted by Crippen LogP contribution is 2.52. The summed E-state index contributed by atoms with van der Waals surface area (Å²) in [4.78, 5) is 7.52. The average Bonchev–Trinajstić information content (AvgIpc) is 1.72. The van der Waals surface area contributed by atoms with E-state index in [1.165, 1.54) is 143 Å². The lowest BCUT2D eigenvalue weighted by molar-refractivity contribution is 0.660. The summed E-state index contributed by atoms with van der Waals surface area (Å²) in [6.07, 6.45) is 0. The maximum Gasteiger partial charge on any atom is 0.145 e. The van der Waals surface area contributed by atoms with E-state index in [0.717, 1.165) is 50.7 Å². The fraction of sp³-hybridized carbons (Fsp3) is 0.0288. The van der Waals surface area contributed by atoms with Crippen LogP contribution in [0.4, 0.5) is 17.1 Å². The molecular weight excluding hydrogens is 1310 g/mol. The zero-order valence-electron chi connectivity index (χ0n) is 59.9. The molecule has 4 heteroatoms. The molecule has 508 valence electrons. The number of hydrogen-bond donors (Lipinski definition) is 0. The number of hydrogen-bond acceptors (Lipinski definition) is 2. The molecule has 0 saturated carbocycles. The maximum atomic E-state index is 5.12. The van der Waals surface area contributed by atoms with Crippen molar-refractivity contribution in [1.82, 2.24) is 14.1 Å². The number of rotatable bonds is 11. The van der Waals surface area contributed by atoms with Crippen LogP contribution in [0.3, 0.4) is 0 Å². The summed E-state index contributed by atoms with van der Waals surface area (Å²) >= 11 is 0. The first-order valence-electron chi connectivity index (χ1n) is 37.3. The number of nitrogens with zero attached hydrogens (tertiary/aromatic N) is 4. The highest BCUT2D eigenvalue weighted by Gasteiger charge is 2.36. The molecule has 18 aromatic carbocycles. The number of anilines is 3. The van der Waals surface area contributed by atoms with Gasteiger partial charge >= 0.3 is 0 Å². The summed E-state index contributed by atoms with van der Waals surface area (Å²) in [6, 6.07) is 146. The van der Waals surface area contributed by atoms with Crippen molar-refractivity contribution < 1.29 is 0 Å². The molecule has 0 bridgehead atoms. The van der Waals surface area contributed by atoms with Crippen LogP contribution in [0.1, 0.15) is 25.0 Å². The molecular formula is C104H72N4. The Kier molecular flexibility index (Phi) is 15.5. The molecule has 0 saturated heterocycles. The van der Waals surface area contributed by atoms with Crippen molar-refractivity contribution in [3.05, 3.63) is 412 Å². The molecule has 0 unspecified atom stereocenters. The van der Waals surface area contributed by atoms with Crippen LogP contribution in [-0.4, -0.2) is 14.1 Å². The second-order valence-electron chi connectivity index (χ2n) is 29.0. The lowest BCUT2D eigenvalue weighted by Crippen LogP contribution is -2.16. The molecule has 0 aliphatic heterocycles. The van der Waals surface area contributed by atoms with Gasteiger partial charge in [-0.3, -0.25) is 4.57 Å².